The summed E-state index contributed by atoms with van der Waals surface area (Å²) >= 11 is 0. The second-order valence-corrected chi connectivity index (χ2v) is 7.63. The molecule has 2 aromatic rings. The highest BCUT2D eigenvalue weighted by Gasteiger charge is 2.35. The third-order valence-corrected chi connectivity index (χ3v) is 5.96. The normalized spacial score (nSPS) is 20.4. The summed E-state index contributed by atoms with van der Waals surface area (Å²) < 4.78 is 34.1. The van der Waals surface area contributed by atoms with E-state index in [0.29, 0.717) is 13.1 Å². The molecule has 22 heavy (non-hydrogen) atoms. The first-order chi connectivity index (χ1) is 10.5. The Morgan fingerprint density at radius 1 is 1.36 bits per heavy atom. The van der Waals surface area contributed by atoms with E-state index in [9.17, 15) is 8.42 Å². The van der Waals surface area contributed by atoms with E-state index < -0.39 is 10.0 Å². The molecule has 120 valence electrons. The molecule has 1 atom stereocenters. The highest BCUT2D eigenvalue weighted by Crippen LogP contribution is 2.26. The van der Waals surface area contributed by atoms with Crippen molar-refractivity contribution in [3.05, 3.63) is 35.9 Å². The van der Waals surface area contributed by atoms with Crippen LogP contribution in [-0.2, 0) is 16.6 Å². The smallest absolute Gasteiger partial charge is 0.276 e. The number of nitrogens with zero attached hydrogens (tertiary/aromatic N) is 3. The number of rotatable bonds is 4. The summed E-state index contributed by atoms with van der Waals surface area (Å²) in [5.41, 5.74) is 2.01. The molecule has 3 heterocycles. The Kier molecular flexibility index (Phi) is 4.10. The van der Waals surface area contributed by atoms with E-state index in [4.69, 9.17) is 4.42 Å². The fourth-order valence-corrected chi connectivity index (χ4v) is 4.65. The zero-order valence-electron chi connectivity index (χ0n) is 12.9. The quantitative estimate of drug-likeness (QED) is 0.866. The van der Waals surface area contributed by atoms with Crippen molar-refractivity contribution in [2.24, 2.45) is 0 Å². The van der Waals surface area contributed by atoms with Crippen molar-refractivity contribution < 1.29 is 12.8 Å². The molecule has 0 spiro atoms. The molecular formula is C15H21N3O3S. The zero-order valence-corrected chi connectivity index (χ0v) is 13.7. The molecule has 0 bridgehead atoms. The molecule has 1 aliphatic heterocycles. The Bertz CT molecular complexity index is 734. The largest absolute Gasteiger partial charge is 0.452 e. The van der Waals surface area contributed by atoms with Gasteiger partial charge in [0.2, 0.25) is 5.09 Å². The summed E-state index contributed by atoms with van der Waals surface area (Å²) in [6, 6.07) is 5.03. The molecule has 2 aromatic heterocycles. The van der Waals surface area contributed by atoms with Gasteiger partial charge in [0, 0.05) is 18.3 Å². The SMILES string of the molecule is Cc1cc(C)n(CC2CCCCN2S(=O)(=O)c2ccco2)n1. The number of furan rings is 1. The van der Waals surface area contributed by atoms with Gasteiger partial charge in [-0.2, -0.15) is 9.40 Å². The lowest BCUT2D eigenvalue weighted by Crippen LogP contribution is -2.45. The average molecular weight is 323 g/mol. The van der Waals surface area contributed by atoms with Crippen molar-refractivity contribution in [3.8, 4) is 0 Å². The maximum Gasteiger partial charge on any atom is 0.276 e. The van der Waals surface area contributed by atoms with Gasteiger partial charge >= 0.3 is 0 Å². The Balaban J connectivity index is 1.87. The zero-order chi connectivity index (χ0) is 15.7. The Morgan fingerprint density at radius 3 is 2.82 bits per heavy atom. The molecule has 0 aromatic carbocycles. The van der Waals surface area contributed by atoms with E-state index in [1.54, 1.807) is 10.4 Å². The van der Waals surface area contributed by atoms with Crippen molar-refractivity contribution in [3.63, 3.8) is 0 Å². The lowest BCUT2D eigenvalue weighted by Gasteiger charge is -2.34. The van der Waals surface area contributed by atoms with Crippen LogP contribution in [0.3, 0.4) is 0 Å². The third-order valence-electron chi connectivity index (χ3n) is 4.12. The van der Waals surface area contributed by atoms with Crippen molar-refractivity contribution >= 4 is 10.0 Å². The molecule has 0 amide bonds. The maximum absolute atomic E-state index is 12.7. The van der Waals surface area contributed by atoms with Gasteiger partial charge < -0.3 is 4.42 Å². The van der Waals surface area contributed by atoms with Gasteiger partial charge in [0.15, 0.2) is 0 Å². The number of hydrogen-bond donors (Lipinski definition) is 0. The number of sulfonamides is 1. The molecule has 1 fully saturated rings. The van der Waals surface area contributed by atoms with Crippen LogP contribution in [0, 0.1) is 13.8 Å². The summed E-state index contributed by atoms with van der Waals surface area (Å²) in [5.74, 6) is 0. The molecule has 1 saturated heterocycles. The molecule has 7 heteroatoms. The van der Waals surface area contributed by atoms with Crippen molar-refractivity contribution in [1.29, 1.82) is 0 Å². The van der Waals surface area contributed by atoms with Crippen LogP contribution in [0.4, 0.5) is 0 Å². The van der Waals surface area contributed by atoms with E-state index in [1.165, 1.54) is 12.3 Å². The molecule has 3 rings (SSSR count). The van der Waals surface area contributed by atoms with E-state index in [-0.39, 0.29) is 11.1 Å². The first kappa shape index (κ1) is 15.3. The minimum absolute atomic E-state index is 0.0211. The van der Waals surface area contributed by atoms with Crippen LogP contribution in [0.5, 0.6) is 0 Å². The van der Waals surface area contributed by atoms with Gasteiger partial charge in [-0.05, 0) is 44.9 Å². The number of aryl methyl sites for hydroxylation is 2. The fourth-order valence-electron chi connectivity index (χ4n) is 3.06. The fraction of sp³-hybridized carbons (Fsp3) is 0.533. The van der Waals surface area contributed by atoms with Crippen LogP contribution in [0.25, 0.3) is 0 Å². The van der Waals surface area contributed by atoms with Gasteiger partial charge in [0.05, 0.1) is 18.5 Å². The molecule has 1 aliphatic rings. The van der Waals surface area contributed by atoms with Crippen LogP contribution < -0.4 is 0 Å². The summed E-state index contributed by atoms with van der Waals surface area (Å²) in [7, 11) is -3.57. The van der Waals surface area contributed by atoms with E-state index in [0.717, 1.165) is 30.7 Å². The van der Waals surface area contributed by atoms with Gasteiger partial charge in [-0.15, -0.1) is 0 Å². The molecule has 1 unspecified atom stereocenters. The van der Waals surface area contributed by atoms with Crippen molar-refractivity contribution in [1.82, 2.24) is 14.1 Å². The Labute approximate surface area is 130 Å². The van der Waals surface area contributed by atoms with Crippen LogP contribution >= 0.6 is 0 Å². The van der Waals surface area contributed by atoms with Gasteiger partial charge in [-0.1, -0.05) is 6.42 Å². The predicted molar refractivity (Wildman–Crippen MR) is 81.9 cm³/mol. The second-order valence-electron chi connectivity index (χ2n) is 5.81. The molecule has 6 nitrogen and oxygen atoms in total. The van der Waals surface area contributed by atoms with Gasteiger partial charge in [-0.3, -0.25) is 4.68 Å². The minimum Gasteiger partial charge on any atom is -0.452 e. The summed E-state index contributed by atoms with van der Waals surface area (Å²) in [6.45, 7) is 5.06. The van der Waals surface area contributed by atoms with Crippen molar-refractivity contribution in [2.75, 3.05) is 6.54 Å². The summed E-state index contributed by atoms with van der Waals surface area (Å²) in [5, 5.41) is 4.48. The van der Waals surface area contributed by atoms with Gasteiger partial charge in [-0.25, -0.2) is 8.42 Å². The van der Waals surface area contributed by atoms with Crippen LogP contribution in [0.1, 0.15) is 30.7 Å². The minimum atomic E-state index is -3.57. The molecule has 0 N–H and O–H groups in total. The number of aromatic nitrogens is 2. The van der Waals surface area contributed by atoms with Crippen LogP contribution in [-0.4, -0.2) is 35.1 Å². The molecule has 0 radical (unpaired) electrons. The maximum atomic E-state index is 12.7. The van der Waals surface area contributed by atoms with E-state index in [1.807, 2.05) is 24.6 Å². The Morgan fingerprint density at radius 2 is 2.18 bits per heavy atom. The Hall–Kier alpha value is -1.60. The second kappa shape index (κ2) is 5.89. The lowest BCUT2D eigenvalue weighted by atomic mass is 10.1. The first-order valence-corrected chi connectivity index (χ1v) is 8.99. The van der Waals surface area contributed by atoms with Crippen LogP contribution in [0.15, 0.2) is 34.0 Å². The third kappa shape index (κ3) is 2.83. The van der Waals surface area contributed by atoms with Crippen LogP contribution in [0.2, 0.25) is 0 Å². The van der Waals surface area contributed by atoms with E-state index >= 15 is 0 Å². The lowest BCUT2D eigenvalue weighted by molar-refractivity contribution is 0.218. The number of piperidine rings is 1. The molecule has 0 saturated carbocycles. The molecule has 0 aliphatic carbocycles. The summed E-state index contributed by atoms with van der Waals surface area (Å²) in [4.78, 5) is 0. The predicted octanol–water partition coefficient (Wildman–Crippen LogP) is 2.34. The van der Waals surface area contributed by atoms with Crippen molar-refractivity contribution in [2.45, 2.75) is 50.8 Å². The van der Waals surface area contributed by atoms with Gasteiger partial charge in [0.25, 0.3) is 10.0 Å². The highest BCUT2D eigenvalue weighted by molar-refractivity contribution is 7.89. The first-order valence-electron chi connectivity index (χ1n) is 7.55. The molecular weight excluding hydrogens is 302 g/mol. The topological polar surface area (TPSA) is 68.3 Å². The number of hydrogen-bond acceptors (Lipinski definition) is 4. The van der Waals surface area contributed by atoms with Gasteiger partial charge in [0.1, 0.15) is 0 Å². The monoisotopic (exact) mass is 323 g/mol. The van der Waals surface area contributed by atoms with E-state index in [2.05, 4.69) is 5.10 Å². The summed E-state index contributed by atoms with van der Waals surface area (Å²) in [6.07, 6.45) is 4.16. The average Bonchev–Trinajstić information content (AvgIpc) is 3.10. The highest BCUT2D eigenvalue weighted by atomic mass is 32.2. The standard InChI is InChI=1S/C15H21N3O3S/c1-12-10-13(2)17(16-12)11-14-6-3-4-8-18(14)22(19,20)15-7-5-9-21-15/h5,7,9-10,14H,3-4,6,8,11H2,1-2H3.